The molecule has 4 nitrogen and oxygen atoms in total. The molecule has 1 N–H and O–H groups in total. The molecule has 0 unspecified atom stereocenters. The van der Waals surface area contributed by atoms with Crippen molar-refractivity contribution in [2.45, 2.75) is 12.8 Å². The molecule has 0 heterocycles. The van der Waals surface area contributed by atoms with Gasteiger partial charge in [0.05, 0.1) is 6.42 Å². The predicted octanol–water partition coefficient (Wildman–Crippen LogP) is 2.17. The van der Waals surface area contributed by atoms with Gasteiger partial charge in [-0.2, -0.15) is 0 Å². The zero-order chi connectivity index (χ0) is 13.7. The first-order valence-corrected chi connectivity index (χ1v) is 5.27. The van der Waals surface area contributed by atoms with E-state index in [0.29, 0.717) is 0 Å². The quantitative estimate of drug-likeness (QED) is 0.879. The molecule has 0 aromatic heterocycles. The van der Waals surface area contributed by atoms with Crippen LogP contribution in [-0.4, -0.2) is 35.5 Å². The summed E-state index contributed by atoms with van der Waals surface area (Å²) in [6.07, 6.45) is -2.82. The summed E-state index contributed by atoms with van der Waals surface area (Å²) >= 11 is 0. The van der Waals surface area contributed by atoms with Crippen molar-refractivity contribution < 1.29 is 23.5 Å². The monoisotopic (exact) mass is 257 g/mol. The van der Waals surface area contributed by atoms with Crippen LogP contribution >= 0.6 is 0 Å². The van der Waals surface area contributed by atoms with Crippen molar-refractivity contribution in [1.82, 2.24) is 4.90 Å². The highest BCUT2D eigenvalue weighted by molar-refractivity contribution is 5.94. The van der Waals surface area contributed by atoms with E-state index in [1.165, 1.54) is 30.1 Å². The summed E-state index contributed by atoms with van der Waals surface area (Å²) in [6, 6.07) is 5.15. The third kappa shape index (κ3) is 3.80. The van der Waals surface area contributed by atoms with E-state index >= 15 is 0 Å². The van der Waals surface area contributed by atoms with Crippen molar-refractivity contribution in [3.63, 3.8) is 0 Å². The largest absolute Gasteiger partial charge is 0.481 e. The number of aliphatic carboxylic acids is 1. The number of hydrogen-bond acceptors (Lipinski definition) is 2. The molecule has 1 aromatic rings. The molecule has 1 rings (SSSR count). The molecule has 0 aliphatic rings. The standard InChI is InChI=1S/C12H13F2NO3/c1-15(6-5-10(16)17)12(18)9-4-2-3-8(7-9)11(13)14/h2-4,7,11H,5-6H2,1H3,(H,16,17). The van der Waals surface area contributed by atoms with Gasteiger partial charge in [-0.1, -0.05) is 12.1 Å². The van der Waals surface area contributed by atoms with Gasteiger partial charge in [0.1, 0.15) is 0 Å². The highest BCUT2D eigenvalue weighted by Crippen LogP contribution is 2.19. The first kappa shape index (κ1) is 14.1. The van der Waals surface area contributed by atoms with Gasteiger partial charge in [-0.15, -0.1) is 0 Å². The Morgan fingerprint density at radius 1 is 1.39 bits per heavy atom. The summed E-state index contributed by atoms with van der Waals surface area (Å²) in [4.78, 5) is 23.4. The summed E-state index contributed by atoms with van der Waals surface area (Å²) in [7, 11) is 1.43. The summed E-state index contributed by atoms with van der Waals surface area (Å²) in [5, 5.41) is 8.49. The van der Waals surface area contributed by atoms with Crippen molar-refractivity contribution in [1.29, 1.82) is 0 Å². The Morgan fingerprint density at radius 2 is 2.06 bits per heavy atom. The molecule has 0 fully saturated rings. The molecular weight excluding hydrogens is 244 g/mol. The second-order valence-electron chi connectivity index (χ2n) is 3.80. The molecule has 98 valence electrons. The van der Waals surface area contributed by atoms with E-state index in [4.69, 9.17) is 5.11 Å². The third-order valence-corrected chi connectivity index (χ3v) is 2.39. The number of carboxylic acid groups (broad SMARTS) is 1. The van der Waals surface area contributed by atoms with Crippen LogP contribution < -0.4 is 0 Å². The van der Waals surface area contributed by atoms with E-state index in [-0.39, 0.29) is 24.1 Å². The highest BCUT2D eigenvalue weighted by atomic mass is 19.3. The van der Waals surface area contributed by atoms with Crippen molar-refractivity contribution in [3.05, 3.63) is 35.4 Å². The maximum Gasteiger partial charge on any atom is 0.305 e. The number of alkyl halides is 2. The lowest BCUT2D eigenvalue weighted by Crippen LogP contribution is -2.29. The number of hydrogen-bond donors (Lipinski definition) is 1. The van der Waals surface area contributed by atoms with Gasteiger partial charge in [0.2, 0.25) is 0 Å². The lowest BCUT2D eigenvalue weighted by atomic mass is 10.1. The van der Waals surface area contributed by atoms with E-state index in [0.717, 1.165) is 6.07 Å². The second-order valence-corrected chi connectivity index (χ2v) is 3.80. The normalized spacial score (nSPS) is 10.4. The Bertz CT molecular complexity index is 449. The maximum absolute atomic E-state index is 12.5. The van der Waals surface area contributed by atoms with Gasteiger partial charge >= 0.3 is 5.97 Å². The van der Waals surface area contributed by atoms with Crippen LogP contribution in [0.5, 0.6) is 0 Å². The lowest BCUT2D eigenvalue weighted by Gasteiger charge is -2.16. The van der Waals surface area contributed by atoms with Gasteiger partial charge in [0, 0.05) is 24.7 Å². The topological polar surface area (TPSA) is 57.6 Å². The van der Waals surface area contributed by atoms with E-state index in [1.807, 2.05) is 0 Å². The Kier molecular flexibility index (Phi) is 4.76. The number of halogens is 2. The van der Waals surface area contributed by atoms with Crippen molar-refractivity contribution in [2.75, 3.05) is 13.6 Å². The number of carboxylic acids is 1. The van der Waals surface area contributed by atoms with Gasteiger partial charge in [-0.05, 0) is 12.1 Å². The zero-order valence-corrected chi connectivity index (χ0v) is 9.77. The molecule has 0 bridgehead atoms. The molecule has 0 aliphatic carbocycles. The fourth-order valence-electron chi connectivity index (χ4n) is 1.39. The SMILES string of the molecule is CN(CCC(=O)O)C(=O)c1cccc(C(F)F)c1. The van der Waals surface area contributed by atoms with Crippen LogP contribution in [0.3, 0.4) is 0 Å². The third-order valence-electron chi connectivity index (χ3n) is 2.39. The van der Waals surface area contributed by atoms with Crippen LogP contribution in [0.25, 0.3) is 0 Å². The van der Waals surface area contributed by atoms with E-state index in [9.17, 15) is 18.4 Å². The molecule has 18 heavy (non-hydrogen) atoms. The summed E-state index contributed by atoms with van der Waals surface area (Å²) in [6.45, 7) is 0.0348. The number of carbonyl (C=O) groups is 2. The molecule has 0 aliphatic heterocycles. The number of benzene rings is 1. The molecule has 1 amide bonds. The minimum absolute atomic E-state index is 0.0348. The van der Waals surface area contributed by atoms with E-state index in [1.54, 1.807) is 0 Å². The number of amides is 1. The average Bonchev–Trinajstić information content (AvgIpc) is 2.35. The predicted molar refractivity (Wildman–Crippen MR) is 60.6 cm³/mol. The van der Waals surface area contributed by atoms with Gasteiger partial charge in [-0.3, -0.25) is 9.59 Å². The van der Waals surface area contributed by atoms with Crippen LogP contribution in [0.4, 0.5) is 8.78 Å². The molecule has 6 heteroatoms. The number of carbonyl (C=O) groups excluding carboxylic acids is 1. The summed E-state index contributed by atoms with van der Waals surface area (Å²) < 4.78 is 24.9. The summed E-state index contributed by atoms with van der Waals surface area (Å²) in [5.74, 6) is -1.49. The lowest BCUT2D eigenvalue weighted by molar-refractivity contribution is -0.137. The molecule has 0 saturated carbocycles. The molecule has 1 aromatic carbocycles. The van der Waals surface area contributed by atoms with Crippen LogP contribution in [0.2, 0.25) is 0 Å². The fraction of sp³-hybridized carbons (Fsp3) is 0.333. The van der Waals surface area contributed by atoms with Crippen molar-refractivity contribution >= 4 is 11.9 Å². The van der Waals surface area contributed by atoms with Gasteiger partial charge < -0.3 is 10.0 Å². The Hall–Kier alpha value is -1.98. The summed E-state index contributed by atoms with van der Waals surface area (Å²) in [5.41, 5.74) is -0.104. The first-order valence-electron chi connectivity index (χ1n) is 5.27. The number of nitrogens with zero attached hydrogens (tertiary/aromatic N) is 1. The fourth-order valence-corrected chi connectivity index (χ4v) is 1.39. The minimum Gasteiger partial charge on any atom is -0.481 e. The minimum atomic E-state index is -2.64. The van der Waals surface area contributed by atoms with Crippen LogP contribution in [0.1, 0.15) is 28.8 Å². The van der Waals surface area contributed by atoms with Crippen LogP contribution in [-0.2, 0) is 4.79 Å². The molecule has 0 saturated heterocycles. The molecular formula is C12H13F2NO3. The van der Waals surface area contributed by atoms with Crippen LogP contribution in [0.15, 0.2) is 24.3 Å². The highest BCUT2D eigenvalue weighted by Gasteiger charge is 2.15. The number of rotatable bonds is 5. The Morgan fingerprint density at radius 3 is 2.61 bits per heavy atom. The van der Waals surface area contributed by atoms with Crippen molar-refractivity contribution in [3.8, 4) is 0 Å². The van der Waals surface area contributed by atoms with Crippen molar-refractivity contribution in [2.24, 2.45) is 0 Å². The molecule has 0 spiro atoms. The van der Waals surface area contributed by atoms with E-state index in [2.05, 4.69) is 0 Å². The molecule has 0 radical (unpaired) electrons. The first-order chi connectivity index (χ1) is 8.41. The maximum atomic E-state index is 12.5. The van der Waals surface area contributed by atoms with Crippen LogP contribution in [0, 0.1) is 0 Å². The van der Waals surface area contributed by atoms with Gasteiger partial charge in [0.25, 0.3) is 12.3 Å². The van der Waals surface area contributed by atoms with Gasteiger partial charge in [-0.25, -0.2) is 8.78 Å². The average molecular weight is 257 g/mol. The Balaban J connectivity index is 2.77. The van der Waals surface area contributed by atoms with E-state index < -0.39 is 18.3 Å². The Labute approximate surface area is 103 Å². The molecule has 0 atom stereocenters. The van der Waals surface area contributed by atoms with Gasteiger partial charge in [0.15, 0.2) is 0 Å². The second kappa shape index (κ2) is 6.09. The zero-order valence-electron chi connectivity index (χ0n) is 9.77. The smallest absolute Gasteiger partial charge is 0.305 e.